The summed E-state index contributed by atoms with van der Waals surface area (Å²) in [5.41, 5.74) is 8.54. The second-order valence-corrected chi connectivity index (χ2v) is 8.13. The number of benzene rings is 3. The van der Waals surface area contributed by atoms with E-state index in [1.54, 1.807) is 42.6 Å². The Morgan fingerprint density at radius 3 is 2.69 bits per heavy atom. The summed E-state index contributed by atoms with van der Waals surface area (Å²) in [5, 5.41) is 8.15. The van der Waals surface area contributed by atoms with Crippen LogP contribution in [0.25, 0.3) is 21.7 Å². The molecular weight excluding hydrogens is 459 g/mol. The predicted octanol–water partition coefficient (Wildman–Crippen LogP) is 5.60. The highest BCUT2D eigenvalue weighted by atomic mass is 19.1. The molecule has 0 spiro atoms. The number of nitrogens with zero attached hydrogens (tertiary/aromatic N) is 3. The maximum Gasteiger partial charge on any atom is 0.257 e. The summed E-state index contributed by atoms with van der Waals surface area (Å²) in [4.78, 5) is 26.0. The average molecular weight is 483 g/mol. The lowest BCUT2D eigenvalue weighted by Crippen LogP contribution is -2.14. The largest absolute Gasteiger partial charge is 0.494 e. The molecule has 2 heterocycles. The van der Waals surface area contributed by atoms with Gasteiger partial charge < -0.3 is 21.1 Å². The third-order valence-corrected chi connectivity index (χ3v) is 5.84. The van der Waals surface area contributed by atoms with Crippen LogP contribution in [0.4, 0.5) is 27.4 Å². The fraction of sp³-hybridized carbons (Fsp3) is 0.111. The minimum atomic E-state index is -0.461. The smallest absolute Gasteiger partial charge is 0.257 e. The molecule has 2 aromatic heterocycles. The lowest BCUT2D eigenvalue weighted by molar-refractivity contribution is 0.102. The normalized spacial score (nSPS) is 11.0. The van der Waals surface area contributed by atoms with Crippen LogP contribution in [-0.4, -0.2) is 27.5 Å². The number of anilines is 4. The number of aryl methyl sites for hydroxylation is 1. The molecule has 0 bridgehead atoms. The van der Waals surface area contributed by atoms with Gasteiger partial charge in [-0.3, -0.25) is 4.79 Å². The van der Waals surface area contributed by atoms with Crippen molar-refractivity contribution in [2.24, 2.45) is 0 Å². The Balaban J connectivity index is 1.52. The molecule has 5 aromatic rings. The minimum absolute atomic E-state index is 0.262. The topological polar surface area (TPSA) is 115 Å². The molecule has 9 heteroatoms. The Bertz CT molecular complexity index is 1620. The number of hydrogen-bond acceptors (Lipinski definition) is 7. The summed E-state index contributed by atoms with van der Waals surface area (Å²) in [7, 11) is 0. The molecule has 0 aliphatic heterocycles. The number of carbonyl (C=O) groups excluding carboxylic acids is 1. The summed E-state index contributed by atoms with van der Waals surface area (Å²) in [6, 6.07) is 15.4. The number of hydrogen-bond donors (Lipinski definition) is 3. The number of carbonyl (C=O) groups is 1. The van der Waals surface area contributed by atoms with Crippen LogP contribution in [0, 0.1) is 12.7 Å². The Hall–Kier alpha value is -4.79. The maximum atomic E-state index is 14.7. The third-order valence-electron chi connectivity index (χ3n) is 5.84. The molecule has 0 saturated carbocycles. The monoisotopic (exact) mass is 482 g/mol. The molecule has 0 aliphatic carbocycles. The van der Waals surface area contributed by atoms with Crippen molar-refractivity contribution >= 4 is 50.6 Å². The molecule has 36 heavy (non-hydrogen) atoms. The fourth-order valence-electron chi connectivity index (χ4n) is 4.08. The van der Waals surface area contributed by atoms with Crippen molar-refractivity contribution in [3.63, 3.8) is 0 Å². The summed E-state index contributed by atoms with van der Waals surface area (Å²) in [6.45, 7) is 4.19. The molecule has 0 saturated heterocycles. The standard InChI is InChI=1S/C27H23FN6O2/c1-3-36-16-8-10-22(21(28)13-16)33-26-18-9-7-15(2)23(17(18)11-12-30-26)34-27(35)20-6-4-5-19-24(20)31-14-32-25(19)29/h4-14H,3H2,1-2H3,(H,30,33)(H,34,35)(H2,29,31,32). The number of pyridine rings is 1. The Kier molecular flexibility index (Phi) is 6.03. The number of rotatable bonds is 6. The van der Waals surface area contributed by atoms with Gasteiger partial charge in [-0.2, -0.15) is 0 Å². The highest BCUT2D eigenvalue weighted by Gasteiger charge is 2.17. The number of nitrogens with two attached hydrogens (primary N) is 1. The third kappa shape index (κ3) is 4.22. The van der Waals surface area contributed by atoms with E-state index in [1.807, 2.05) is 26.0 Å². The highest BCUT2D eigenvalue weighted by molar-refractivity contribution is 6.16. The van der Waals surface area contributed by atoms with Crippen LogP contribution < -0.4 is 21.1 Å². The van der Waals surface area contributed by atoms with Crippen molar-refractivity contribution in [3.8, 4) is 5.75 Å². The summed E-state index contributed by atoms with van der Waals surface area (Å²) in [6.07, 6.45) is 2.94. The van der Waals surface area contributed by atoms with Gasteiger partial charge in [0.1, 0.15) is 29.5 Å². The molecule has 0 atom stereocenters. The van der Waals surface area contributed by atoms with Crippen molar-refractivity contribution in [3.05, 3.63) is 84.1 Å². The first-order chi connectivity index (χ1) is 17.5. The van der Waals surface area contributed by atoms with Crippen molar-refractivity contribution in [1.29, 1.82) is 0 Å². The number of para-hydroxylation sites is 1. The molecule has 4 N–H and O–H groups in total. The van der Waals surface area contributed by atoms with Crippen LogP contribution in [0.3, 0.4) is 0 Å². The van der Waals surface area contributed by atoms with Gasteiger partial charge in [-0.15, -0.1) is 0 Å². The number of nitrogens with one attached hydrogen (secondary N) is 2. The van der Waals surface area contributed by atoms with E-state index in [9.17, 15) is 9.18 Å². The average Bonchev–Trinajstić information content (AvgIpc) is 2.87. The predicted molar refractivity (Wildman–Crippen MR) is 139 cm³/mol. The van der Waals surface area contributed by atoms with Gasteiger partial charge in [0, 0.05) is 28.4 Å². The maximum absolute atomic E-state index is 14.7. The van der Waals surface area contributed by atoms with E-state index < -0.39 is 5.82 Å². The van der Waals surface area contributed by atoms with Crippen LogP contribution in [0.15, 0.2) is 67.1 Å². The Morgan fingerprint density at radius 1 is 1.03 bits per heavy atom. The van der Waals surface area contributed by atoms with Gasteiger partial charge in [0.15, 0.2) is 0 Å². The number of nitrogen functional groups attached to an aromatic ring is 1. The van der Waals surface area contributed by atoms with Crippen LogP contribution in [-0.2, 0) is 0 Å². The van der Waals surface area contributed by atoms with Crippen LogP contribution in [0.5, 0.6) is 5.75 Å². The summed E-state index contributed by atoms with van der Waals surface area (Å²) < 4.78 is 20.0. The van der Waals surface area contributed by atoms with Gasteiger partial charge in [0.25, 0.3) is 5.91 Å². The van der Waals surface area contributed by atoms with Crippen LogP contribution in [0.2, 0.25) is 0 Å². The number of aromatic nitrogens is 3. The first-order valence-electron chi connectivity index (χ1n) is 11.3. The van der Waals surface area contributed by atoms with Gasteiger partial charge >= 0.3 is 0 Å². The zero-order valence-corrected chi connectivity index (χ0v) is 19.7. The van der Waals surface area contributed by atoms with E-state index in [4.69, 9.17) is 10.5 Å². The van der Waals surface area contributed by atoms with E-state index in [-0.39, 0.29) is 11.6 Å². The molecule has 0 unspecified atom stereocenters. The van der Waals surface area contributed by atoms with Gasteiger partial charge in [-0.25, -0.2) is 19.3 Å². The molecule has 1 amide bonds. The SMILES string of the molecule is CCOc1ccc(Nc2nccc3c(NC(=O)c4cccc5c(N)ncnc45)c(C)ccc23)c(F)c1. The summed E-state index contributed by atoms with van der Waals surface area (Å²) in [5.74, 6) is 0.416. The van der Waals surface area contributed by atoms with E-state index in [0.717, 1.165) is 16.3 Å². The van der Waals surface area contributed by atoms with Gasteiger partial charge in [-0.1, -0.05) is 18.2 Å². The number of amides is 1. The zero-order valence-electron chi connectivity index (χ0n) is 19.7. The lowest BCUT2D eigenvalue weighted by atomic mass is 10.0. The van der Waals surface area contributed by atoms with E-state index >= 15 is 0 Å². The van der Waals surface area contributed by atoms with Crippen molar-refractivity contribution in [2.75, 3.05) is 23.0 Å². The second kappa shape index (κ2) is 9.46. The van der Waals surface area contributed by atoms with Crippen LogP contribution >= 0.6 is 0 Å². The van der Waals surface area contributed by atoms with E-state index in [1.165, 1.54) is 12.4 Å². The lowest BCUT2D eigenvalue weighted by Gasteiger charge is -2.16. The highest BCUT2D eigenvalue weighted by Crippen LogP contribution is 2.33. The van der Waals surface area contributed by atoms with Crippen LogP contribution in [0.1, 0.15) is 22.8 Å². The molecule has 0 fully saturated rings. The number of halogens is 1. The first kappa shape index (κ1) is 23.0. The molecule has 3 aromatic carbocycles. The molecule has 5 rings (SSSR count). The Morgan fingerprint density at radius 2 is 1.89 bits per heavy atom. The minimum Gasteiger partial charge on any atom is -0.494 e. The number of fused-ring (bicyclic) bond motifs is 2. The fourth-order valence-corrected chi connectivity index (χ4v) is 4.08. The molecule has 0 aliphatic rings. The Labute approximate surface area is 206 Å². The van der Waals surface area contributed by atoms with E-state index in [0.29, 0.717) is 46.1 Å². The molecule has 8 nitrogen and oxygen atoms in total. The second-order valence-electron chi connectivity index (χ2n) is 8.13. The quantitative estimate of drug-likeness (QED) is 0.288. The van der Waals surface area contributed by atoms with Crippen molar-refractivity contribution in [1.82, 2.24) is 15.0 Å². The molecule has 180 valence electrons. The first-order valence-corrected chi connectivity index (χ1v) is 11.3. The molecular formula is C27H23FN6O2. The molecule has 0 radical (unpaired) electrons. The van der Waals surface area contributed by atoms with Gasteiger partial charge in [-0.05, 0) is 49.7 Å². The number of ether oxygens (including phenoxy) is 1. The van der Waals surface area contributed by atoms with E-state index in [2.05, 4.69) is 25.6 Å². The zero-order chi connectivity index (χ0) is 25.2. The van der Waals surface area contributed by atoms with Gasteiger partial charge in [0.05, 0.1) is 29.1 Å². The van der Waals surface area contributed by atoms with Gasteiger partial charge in [0.2, 0.25) is 0 Å². The van der Waals surface area contributed by atoms with Crippen molar-refractivity contribution in [2.45, 2.75) is 13.8 Å². The summed E-state index contributed by atoms with van der Waals surface area (Å²) >= 11 is 0. The van der Waals surface area contributed by atoms with Crippen molar-refractivity contribution < 1.29 is 13.9 Å².